The van der Waals surface area contributed by atoms with Gasteiger partial charge in [0.15, 0.2) is 11.2 Å². The fourth-order valence-corrected chi connectivity index (χ4v) is 2.67. The molecule has 0 radical (unpaired) electrons. The summed E-state index contributed by atoms with van der Waals surface area (Å²) in [6, 6.07) is 13.0. The number of rotatable bonds is 3. The van der Waals surface area contributed by atoms with E-state index in [0.29, 0.717) is 21.9 Å². The predicted molar refractivity (Wildman–Crippen MR) is 91.4 cm³/mol. The maximum atomic E-state index is 13.3. The third kappa shape index (κ3) is 2.89. The maximum absolute atomic E-state index is 13.3. The Labute approximate surface area is 146 Å². The minimum absolute atomic E-state index is 0.147. The summed E-state index contributed by atoms with van der Waals surface area (Å²) in [5, 5.41) is 8.55. The second-order valence-corrected chi connectivity index (χ2v) is 5.89. The molecule has 0 N–H and O–H groups in total. The van der Waals surface area contributed by atoms with Gasteiger partial charge in [0, 0.05) is 5.02 Å². The topological polar surface area (TPSA) is 65.6 Å². The van der Waals surface area contributed by atoms with E-state index >= 15 is 0 Å². The van der Waals surface area contributed by atoms with Crippen LogP contribution in [0.5, 0.6) is 0 Å². The molecule has 0 atom stereocenters. The van der Waals surface area contributed by atoms with E-state index in [0.717, 1.165) is 0 Å². The lowest BCUT2D eigenvalue weighted by Gasteiger charge is -2.06. The van der Waals surface area contributed by atoms with Crippen molar-refractivity contribution in [3.63, 3.8) is 0 Å². The lowest BCUT2D eigenvalue weighted by atomic mass is 10.2. The van der Waals surface area contributed by atoms with Gasteiger partial charge in [-0.25, -0.2) is 9.37 Å². The van der Waals surface area contributed by atoms with Crippen LogP contribution in [0.2, 0.25) is 5.02 Å². The Morgan fingerprint density at radius 2 is 1.92 bits per heavy atom. The summed E-state index contributed by atoms with van der Waals surface area (Å²) in [4.78, 5) is 16.9. The molecule has 0 aliphatic heterocycles. The van der Waals surface area contributed by atoms with Crippen LogP contribution in [0.4, 0.5) is 4.39 Å². The molecule has 0 bridgehead atoms. The van der Waals surface area contributed by atoms with E-state index in [1.165, 1.54) is 27.7 Å². The van der Waals surface area contributed by atoms with Gasteiger partial charge in [0.25, 0.3) is 5.56 Å². The second kappa shape index (κ2) is 6.10. The first-order valence-electron chi connectivity index (χ1n) is 7.43. The Bertz CT molecular complexity index is 1120. The number of fused-ring (bicyclic) bond motifs is 1. The summed E-state index contributed by atoms with van der Waals surface area (Å²) in [6.45, 7) is 0.202. The minimum Gasteiger partial charge on any atom is -0.293 e. The molecule has 0 saturated heterocycles. The Hall–Kier alpha value is -3.06. The van der Waals surface area contributed by atoms with E-state index in [4.69, 9.17) is 11.6 Å². The SMILES string of the molecule is O=c1c2nnn(-c3ccc(Cl)cc3)c2ncn1Cc1cccc(F)c1. The number of aromatic nitrogens is 5. The van der Waals surface area contributed by atoms with Crippen LogP contribution in [-0.4, -0.2) is 24.5 Å². The molecule has 0 unspecified atom stereocenters. The van der Waals surface area contributed by atoms with E-state index in [9.17, 15) is 9.18 Å². The van der Waals surface area contributed by atoms with E-state index in [-0.39, 0.29) is 23.4 Å². The molecule has 8 heteroatoms. The highest BCUT2D eigenvalue weighted by Crippen LogP contribution is 2.15. The molecule has 6 nitrogen and oxygen atoms in total. The van der Waals surface area contributed by atoms with Crippen molar-refractivity contribution in [3.05, 3.63) is 81.6 Å². The molecule has 2 aromatic heterocycles. The van der Waals surface area contributed by atoms with Gasteiger partial charge in [-0.15, -0.1) is 5.10 Å². The molecule has 0 spiro atoms. The number of hydrogen-bond acceptors (Lipinski definition) is 4. The van der Waals surface area contributed by atoms with Crippen LogP contribution >= 0.6 is 11.6 Å². The lowest BCUT2D eigenvalue weighted by Crippen LogP contribution is -2.21. The number of benzene rings is 2. The van der Waals surface area contributed by atoms with Gasteiger partial charge < -0.3 is 0 Å². The number of hydrogen-bond donors (Lipinski definition) is 0. The van der Waals surface area contributed by atoms with Gasteiger partial charge in [-0.3, -0.25) is 9.36 Å². The number of halogens is 2. The molecule has 0 amide bonds. The van der Waals surface area contributed by atoms with Crippen molar-refractivity contribution in [2.45, 2.75) is 6.54 Å². The summed E-state index contributed by atoms with van der Waals surface area (Å²) in [5.41, 5.74) is 1.51. The van der Waals surface area contributed by atoms with E-state index in [1.807, 2.05) is 0 Å². The maximum Gasteiger partial charge on any atom is 0.283 e. The highest BCUT2D eigenvalue weighted by Gasteiger charge is 2.13. The standard InChI is InChI=1S/C17H11ClFN5O/c18-12-4-6-14(7-5-12)24-16-15(21-22-24)17(25)23(10-20-16)9-11-2-1-3-13(19)8-11/h1-8,10H,9H2. The fraction of sp³-hybridized carbons (Fsp3) is 0.0588. The van der Waals surface area contributed by atoms with Crippen molar-refractivity contribution in [1.29, 1.82) is 0 Å². The van der Waals surface area contributed by atoms with Gasteiger partial charge in [-0.2, -0.15) is 4.68 Å². The molecule has 124 valence electrons. The van der Waals surface area contributed by atoms with Crippen LogP contribution < -0.4 is 5.56 Å². The smallest absolute Gasteiger partial charge is 0.283 e. The van der Waals surface area contributed by atoms with Gasteiger partial charge in [0.05, 0.1) is 12.2 Å². The van der Waals surface area contributed by atoms with Crippen LogP contribution in [0.25, 0.3) is 16.9 Å². The van der Waals surface area contributed by atoms with E-state index in [1.54, 1.807) is 36.4 Å². The Balaban J connectivity index is 1.77. The highest BCUT2D eigenvalue weighted by atomic mass is 35.5. The molecule has 0 saturated carbocycles. The molecule has 4 aromatic rings. The summed E-state index contributed by atoms with van der Waals surface area (Å²) in [5.74, 6) is -0.353. The van der Waals surface area contributed by atoms with Gasteiger partial charge in [0.1, 0.15) is 12.1 Å². The lowest BCUT2D eigenvalue weighted by molar-refractivity contribution is 0.622. The van der Waals surface area contributed by atoms with Crippen molar-refractivity contribution in [1.82, 2.24) is 24.5 Å². The zero-order valence-corrected chi connectivity index (χ0v) is 13.6. The summed E-state index contributed by atoms with van der Waals surface area (Å²) < 4.78 is 16.1. The van der Waals surface area contributed by atoms with Crippen molar-refractivity contribution < 1.29 is 4.39 Å². The first kappa shape index (κ1) is 15.5. The van der Waals surface area contributed by atoms with Crippen molar-refractivity contribution in [3.8, 4) is 5.69 Å². The zero-order valence-electron chi connectivity index (χ0n) is 12.8. The summed E-state index contributed by atoms with van der Waals surface area (Å²) in [7, 11) is 0. The molecule has 0 fully saturated rings. The normalized spacial score (nSPS) is 11.1. The van der Waals surface area contributed by atoms with Crippen LogP contribution in [0.15, 0.2) is 59.7 Å². The Morgan fingerprint density at radius 1 is 1.12 bits per heavy atom. The molecule has 0 aliphatic rings. The van der Waals surface area contributed by atoms with Gasteiger partial charge in [-0.05, 0) is 42.0 Å². The van der Waals surface area contributed by atoms with E-state index in [2.05, 4.69) is 15.3 Å². The molecular weight excluding hydrogens is 345 g/mol. The van der Waals surface area contributed by atoms with Crippen LogP contribution in [0, 0.1) is 5.82 Å². The van der Waals surface area contributed by atoms with Gasteiger partial charge in [-0.1, -0.05) is 28.9 Å². The van der Waals surface area contributed by atoms with Crippen molar-refractivity contribution >= 4 is 22.8 Å². The largest absolute Gasteiger partial charge is 0.293 e. The minimum atomic E-state index is -0.353. The average molecular weight is 356 g/mol. The molecule has 4 rings (SSSR count). The molecule has 2 heterocycles. The average Bonchev–Trinajstić information content (AvgIpc) is 3.03. The number of nitrogens with zero attached hydrogens (tertiary/aromatic N) is 5. The van der Waals surface area contributed by atoms with Crippen molar-refractivity contribution in [2.75, 3.05) is 0 Å². The van der Waals surface area contributed by atoms with Crippen LogP contribution in [0.1, 0.15) is 5.56 Å². The highest BCUT2D eigenvalue weighted by molar-refractivity contribution is 6.30. The molecular formula is C17H11ClFN5O. The van der Waals surface area contributed by atoms with Gasteiger partial charge >= 0.3 is 0 Å². The summed E-state index contributed by atoms with van der Waals surface area (Å²) >= 11 is 5.88. The molecule has 25 heavy (non-hydrogen) atoms. The first-order valence-corrected chi connectivity index (χ1v) is 7.81. The fourth-order valence-electron chi connectivity index (χ4n) is 2.54. The molecule has 0 aliphatic carbocycles. The molecule has 2 aromatic carbocycles. The van der Waals surface area contributed by atoms with Crippen LogP contribution in [0.3, 0.4) is 0 Å². The van der Waals surface area contributed by atoms with Gasteiger partial charge in [0.2, 0.25) is 0 Å². The second-order valence-electron chi connectivity index (χ2n) is 5.46. The Kier molecular flexibility index (Phi) is 3.77. The van der Waals surface area contributed by atoms with E-state index < -0.39 is 0 Å². The third-order valence-corrected chi connectivity index (χ3v) is 3.99. The quantitative estimate of drug-likeness (QED) is 0.567. The third-order valence-electron chi connectivity index (χ3n) is 3.74. The van der Waals surface area contributed by atoms with Crippen molar-refractivity contribution in [2.24, 2.45) is 0 Å². The Morgan fingerprint density at radius 3 is 2.68 bits per heavy atom. The zero-order chi connectivity index (χ0) is 17.4. The monoisotopic (exact) mass is 355 g/mol. The first-order chi connectivity index (χ1) is 12.1. The summed E-state index contributed by atoms with van der Waals surface area (Å²) in [6.07, 6.45) is 1.41. The van der Waals surface area contributed by atoms with Crippen LogP contribution in [-0.2, 0) is 6.54 Å². The predicted octanol–water partition coefficient (Wildman–Crippen LogP) is 2.82.